The van der Waals surface area contributed by atoms with Crippen LogP contribution in [0.5, 0.6) is 5.75 Å². The lowest BCUT2D eigenvalue weighted by Gasteiger charge is -2.23. The summed E-state index contributed by atoms with van der Waals surface area (Å²) in [4.78, 5) is 0. The third-order valence-electron chi connectivity index (χ3n) is 3.45. The fourth-order valence-electron chi connectivity index (χ4n) is 2.18. The van der Waals surface area contributed by atoms with Crippen LogP contribution in [0.25, 0.3) is 0 Å². The van der Waals surface area contributed by atoms with Crippen molar-refractivity contribution in [1.29, 1.82) is 0 Å². The SMILES string of the molecule is CCCOc1ccc(F)cc1C(CC)CC(O)C(C)O. The Morgan fingerprint density at radius 2 is 1.95 bits per heavy atom. The Bertz CT molecular complexity index is 407. The number of ether oxygens (including phenoxy) is 1. The zero-order valence-corrected chi connectivity index (χ0v) is 12.5. The van der Waals surface area contributed by atoms with Gasteiger partial charge in [0.25, 0.3) is 0 Å². The zero-order chi connectivity index (χ0) is 15.1. The molecule has 1 rings (SSSR count). The van der Waals surface area contributed by atoms with Crippen molar-refractivity contribution >= 4 is 0 Å². The van der Waals surface area contributed by atoms with Crippen LogP contribution in [0.4, 0.5) is 4.39 Å². The highest BCUT2D eigenvalue weighted by Gasteiger charge is 2.21. The smallest absolute Gasteiger partial charge is 0.123 e. The van der Waals surface area contributed by atoms with Crippen LogP contribution in [-0.4, -0.2) is 29.0 Å². The molecule has 20 heavy (non-hydrogen) atoms. The number of aliphatic hydroxyl groups is 2. The Hall–Kier alpha value is -1.13. The fraction of sp³-hybridized carbons (Fsp3) is 0.625. The van der Waals surface area contributed by atoms with Crippen molar-refractivity contribution in [1.82, 2.24) is 0 Å². The van der Waals surface area contributed by atoms with Crippen molar-refractivity contribution in [2.45, 2.75) is 58.2 Å². The molecule has 1 aromatic carbocycles. The van der Waals surface area contributed by atoms with Gasteiger partial charge >= 0.3 is 0 Å². The second kappa shape index (κ2) is 8.22. The Labute approximate surface area is 120 Å². The van der Waals surface area contributed by atoms with Crippen molar-refractivity contribution < 1.29 is 19.3 Å². The van der Waals surface area contributed by atoms with Gasteiger partial charge in [0.05, 0.1) is 18.8 Å². The van der Waals surface area contributed by atoms with Crippen LogP contribution in [0.15, 0.2) is 18.2 Å². The van der Waals surface area contributed by atoms with Crippen LogP contribution in [0.1, 0.15) is 51.5 Å². The molecule has 0 fully saturated rings. The topological polar surface area (TPSA) is 49.7 Å². The summed E-state index contributed by atoms with van der Waals surface area (Å²) in [6, 6.07) is 4.48. The highest BCUT2D eigenvalue weighted by Crippen LogP contribution is 2.33. The van der Waals surface area contributed by atoms with Gasteiger partial charge in [-0.05, 0) is 50.3 Å². The average Bonchev–Trinajstić information content (AvgIpc) is 2.43. The maximum absolute atomic E-state index is 13.5. The minimum absolute atomic E-state index is 0.0397. The van der Waals surface area contributed by atoms with Crippen LogP contribution in [0.3, 0.4) is 0 Å². The Balaban J connectivity index is 2.96. The normalized spacial score (nSPS) is 15.7. The predicted octanol–water partition coefficient (Wildman–Crippen LogP) is 3.24. The first kappa shape index (κ1) is 16.9. The van der Waals surface area contributed by atoms with Gasteiger partial charge in [-0.2, -0.15) is 0 Å². The highest BCUT2D eigenvalue weighted by atomic mass is 19.1. The molecule has 1 aromatic rings. The predicted molar refractivity (Wildman–Crippen MR) is 77.5 cm³/mol. The average molecular weight is 284 g/mol. The van der Waals surface area contributed by atoms with E-state index in [9.17, 15) is 14.6 Å². The van der Waals surface area contributed by atoms with E-state index in [0.717, 1.165) is 18.4 Å². The summed E-state index contributed by atoms with van der Waals surface area (Å²) in [6.07, 6.45) is 0.402. The first-order valence-corrected chi connectivity index (χ1v) is 7.27. The largest absolute Gasteiger partial charge is 0.493 e. The minimum Gasteiger partial charge on any atom is -0.493 e. The first-order valence-electron chi connectivity index (χ1n) is 7.27. The first-order chi connectivity index (χ1) is 9.49. The fourth-order valence-corrected chi connectivity index (χ4v) is 2.18. The van der Waals surface area contributed by atoms with Crippen LogP contribution >= 0.6 is 0 Å². The molecule has 0 aliphatic rings. The van der Waals surface area contributed by atoms with Gasteiger partial charge in [0.1, 0.15) is 11.6 Å². The summed E-state index contributed by atoms with van der Waals surface area (Å²) in [5.41, 5.74) is 0.764. The molecule has 3 nitrogen and oxygen atoms in total. The molecule has 0 heterocycles. The monoisotopic (exact) mass is 284 g/mol. The summed E-state index contributed by atoms with van der Waals surface area (Å²) in [7, 11) is 0. The van der Waals surface area contributed by atoms with Gasteiger partial charge in [0.15, 0.2) is 0 Å². The minimum atomic E-state index is -0.817. The molecule has 114 valence electrons. The molecule has 0 aliphatic carbocycles. The molecule has 0 spiro atoms. The molecule has 0 aliphatic heterocycles. The Kier molecular flexibility index (Phi) is 6.96. The number of benzene rings is 1. The number of hydrogen-bond donors (Lipinski definition) is 2. The summed E-state index contributed by atoms with van der Waals surface area (Å²) < 4.78 is 19.1. The zero-order valence-electron chi connectivity index (χ0n) is 12.5. The van der Waals surface area contributed by atoms with E-state index in [-0.39, 0.29) is 11.7 Å². The quantitative estimate of drug-likeness (QED) is 0.770. The van der Waals surface area contributed by atoms with E-state index in [0.29, 0.717) is 18.8 Å². The van der Waals surface area contributed by atoms with Crippen LogP contribution in [0.2, 0.25) is 0 Å². The summed E-state index contributed by atoms with van der Waals surface area (Å²) in [5, 5.41) is 19.3. The summed E-state index contributed by atoms with van der Waals surface area (Å²) >= 11 is 0. The molecule has 0 aromatic heterocycles. The van der Waals surface area contributed by atoms with Gasteiger partial charge in [-0.3, -0.25) is 0 Å². The van der Waals surface area contributed by atoms with Gasteiger partial charge in [-0.1, -0.05) is 13.8 Å². The summed E-state index contributed by atoms with van der Waals surface area (Å²) in [6.45, 7) is 6.12. The summed E-state index contributed by atoms with van der Waals surface area (Å²) in [5.74, 6) is 0.314. The van der Waals surface area contributed by atoms with Crippen LogP contribution < -0.4 is 4.74 Å². The highest BCUT2D eigenvalue weighted by molar-refractivity contribution is 5.37. The van der Waals surface area contributed by atoms with Crippen molar-refractivity contribution in [3.63, 3.8) is 0 Å². The molecule has 0 radical (unpaired) electrons. The molecule has 0 saturated carbocycles. The molecule has 0 amide bonds. The second-order valence-corrected chi connectivity index (χ2v) is 5.18. The van der Waals surface area contributed by atoms with Crippen LogP contribution in [-0.2, 0) is 0 Å². The molecule has 3 atom stereocenters. The molecule has 0 saturated heterocycles. The number of aliphatic hydroxyl groups excluding tert-OH is 2. The Morgan fingerprint density at radius 1 is 1.25 bits per heavy atom. The van der Waals surface area contributed by atoms with Gasteiger partial charge in [0, 0.05) is 5.56 Å². The maximum Gasteiger partial charge on any atom is 0.123 e. The van der Waals surface area contributed by atoms with E-state index in [2.05, 4.69) is 0 Å². The lowest BCUT2D eigenvalue weighted by atomic mass is 9.89. The number of hydrogen-bond acceptors (Lipinski definition) is 3. The number of halogens is 1. The van der Waals surface area contributed by atoms with Crippen molar-refractivity contribution in [2.24, 2.45) is 0 Å². The molecule has 3 unspecified atom stereocenters. The van der Waals surface area contributed by atoms with Gasteiger partial charge in [0.2, 0.25) is 0 Å². The van der Waals surface area contributed by atoms with Crippen molar-refractivity contribution in [3.05, 3.63) is 29.6 Å². The third kappa shape index (κ3) is 4.76. The van der Waals surface area contributed by atoms with E-state index < -0.39 is 12.2 Å². The molecule has 0 bridgehead atoms. The third-order valence-corrected chi connectivity index (χ3v) is 3.45. The van der Waals surface area contributed by atoms with Crippen molar-refractivity contribution in [3.8, 4) is 5.75 Å². The Morgan fingerprint density at radius 3 is 2.50 bits per heavy atom. The van der Waals surface area contributed by atoms with Gasteiger partial charge in [-0.25, -0.2) is 4.39 Å². The van der Waals surface area contributed by atoms with E-state index >= 15 is 0 Å². The van der Waals surface area contributed by atoms with Crippen molar-refractivity contribution in [2.75, 3.05) is 6.61 Å². The van der Waals surface area contributed by atoms with E-state index in [1.807, 2.05) is 13.8 Å². The maximum atomic E-state index is 13.5. The van der Waals surface area contributed by atoms with Gasteiger partial charge in [-0.15, -0.1) is 0 Å². The molecular formula is C16H25FO3. The van der Waals surface area contributed by atoms with E-state index in [1.54, 1.807) is 13.0 Å². The van der Waals surface area contributed by atoms with Crippen LogP contribution in [0, 0.1) is 5.82 Å². The number of rotatable bonds is 8. The molecule has 2 N–H and O–H groups in total. The lowest BCUT2D eigenvalue weighted by Crippen LogP contribution is -2.25. The standard InChI is InChI=1S/C16H25FO3/c1-4-8-20-16-7-6-13(17)10-14(16)12(5-2)9-15(19)11(3)18/h6-7,10-12,15,18-19H,4-5,8-9H2,1-3H3. The molecular weight excluding hydrogens is 259 g/mol. The van der Waals surface area contributed by atoms with E-state index in [1.165, 1.54) is 12.1 Å². The molecule has 4 heteroatoms. The second-order valence-electron chi connectivity index (χ2n) is 5.18. The van der Waals surface area contributed by atoms with Gasteiger partial charge < -0.3 is 14.9 Å². The lowest BCUT2D eigenvalue weighted by molar-refractivity contribution is 0.0213. The van der Waals surface area contributed by atoms with E-state index in [4.69, 9.17) is 4.74 Å².